The third kappa shape index (κ3) is 3.09. The van der Waals surface area contributed by atoms with Crippen LogP contribution in [0, 0.1) is 13.8 Å². The largest absolute Gasteiger partial charge is 0.491 e. The Balaban J connectivity index is 2.27. The van der Waals surface area contributed by atoms with Crippen molar-refractivity contribution in [3.8, 4) is 17.0 Å². The molecule has 4 nitrogen and oxygen atoms in total. The molecule has 0 atom stereocenters. The second-order valence-electron chi connectivity index (χ2n) is 4.60. The molecule has 2 rings (SSSR count). The van der Waals surface area contributed by atoms with Gasteiger partial charge in [-0.15, -0.1) is 0 Å². The number of nitrogens with one attached hydrogen (secondary N) is 1. The van der Waals surface area contributed by atoms with Crippen LogP contribution in [-0.4, -0.2) is 25.3 Å². The summed E-state index contributed by atoms with van der Waals surface area (Å²) in [7, 11) is 1.67. The van der Waals surface area contributed by atoms with Crippen molar-refractivity contribution in [3.05, 3.63) is 35.4 Å². The molecule has 0 spiro atoms. The zero-order chi connectivity index (χ0) is 13.8. The Morgan fingerprint density at radius 2 is 1.79 bits per heavy atom. The minimum absolute atomic E-state index is 0.560. The van der Waals surface area contributed by atoms with E-state index in [-0.39, 0.29) is 0 Å². The van der Waals surface area contributed by atoms with E-state index < -0.39 is 0 Å². The zero-order valence-corrected chi connectivity index (χ0v) is 11.6. The summed E-state index contributed by atoms with van der Waals surface area (Å²) in [4.78, 5) is 3.16. The van der Waals surface area contributed by atoms with Crippen molar-refractivity contribution in [2.24, 2.45) is 0 Å². The van der Waals surface area contributed by atoms with Crippen LogP contribution in [0.4, 0.5) is 5.82 Å². The number of hydrogen-bond donors (Lipinski definition) is 2. The fraction of sp³-hybridized carbons (Fsp3) is 0.333. The highest BCUT2D eigenvalue weighted by Gasteiger charge is 2.09. The minimum Gasteiger partial charge on any atom is -0.491 e. The standard InChI is InChI=1S/C15H20N2O2/c1-10-8-12(19-7-6-18-3)9-11(2)15(10)13-4-5-14(16)17-13/h4-5,8-9,17H,6-7,16H2,1-3H3. The number of ether oxygens (including phenoxy) is 2. The first-order chi connectivity index (χ1) is 9.11. The normalized spacial score (nSPS) is 10.7. The summed E-state index contributed by atoms with van der Waals surface area (Å²) in [5, 5.41) is 0. The van der Waals surface area contributed by atoms with Gasteiger partial charge in [0.1, 0.15) is 18.2 Å². The van der Waals surface area contributed by atoms with E-state index in [0.29, 0.717) is 19.0 Å². The monoisotopic (exact) mass is 260 g/mol. The van der Waals surface area contributed by atoms with Gasteiger partial charge < -0.3 is 20.2 Å². The molecule has 102 valence electrons. The molecule has 0 bridgehead atoms. The van der Waals surface area contributed by atoms with Gasteiger partial charge in [0.15, 0.2) is 0 Å². The average Bonchev–Trinajstić information content (AvgIpc) is 2.75. The van der Waals surface area contributed by atoms with Gasteiger partial charge in [-0.05, 0) is 49.2 Å². The lowest BCUT2D eigenvalue weighted by Gasteiger charge is -2.12. The van der Waals surface area contributed by atoms with Gasteiger partial charge in [0.25, 0.3) is 0 Å². The molecule has 19 heavy (non-hydrogen) atoms. The zero-order valence-electron chi connectivity index (χ0n) is 11.6. The summed E-state index contributed by atoms with van der Waals surface area (Å²) in [5.74, 6) is 1.55. The highest BCUT2D eigenvalue weighted by atomic mass is 16.5. The number of hydrogen-bond acceptors (Lipinski definition) is 3. The predicted molar refractivity (Wildman–Crippen MR) is 77.5 cm³/mol. The molecule has 0 aliphatic rings. The lowest BCUT2D eigenvalue weighted by atomic mass is 10.00. The van der Waals surface area contributed by atoms with Gasteiger partial charge in [-0.2, -0.15) is 0 Å². The molecule has 0 unspecified atom stereocenters. The van der Waals surface area contributed by atoms with Crippen molar-refractivity contribution in [1.29, 1.82) is 0 Å². The van der Waals surface area contributed by atoms with Gasteiger partial charge in [-0.25, -0.2) is 0 Å². The van der Waals surface area contributed by atoms with Gasteiger partial charge >= 0.3 is 0 Å². The first-order valence-electron chi connectivity index (χ1n) is 6.29. The van der Waals surface area contributed by atoms with Crippen molar-refractivity contribution in [2.75, 3.05) is 26.1 Å². The maximum atomic E-state index is 5.73. The topological polar surface area (TPSA) is 60.3 Å². The van der Waals surface area contributed by atoms with Gasteiger partial charge in [0, 0.05) is 18.4 Å². The predicted octanol–water partition coefficient (Wildman–Crippen LogP) is 2.91. The fourth-order valence-corrected chi connectivity index (χ4v) is 2.23. The molecule has 0 fully saturated rings. The number of benzene rings is 1. The second-order valence-corrected chi connectivity index (χ2v) is 4.60. The Bertz CT molecular complexity index is 538. The number of aryl methyl sites for hydroxylation is 2. The number of aromatic nitrogens is 1. The maximum absolute atomic E-state index is 5.73. The van der Waals surface area contributed by atoms with E-state index in [1.54, 1.807) is 7.11 Å². The Morgan fingerprint density at radius 1 is 1.11 bits per heavy atom. The first kappa shape index (κ1) is 13.5. The van der Waals surface area contributed by atoms with Gasteiger partial charge in [0.05, 0.1) is 6.61 Å². The van der Waals surface area contributed by atoms with E-state index in [4.69, 9.17) is 15.2 Å². The van der Waals surface area contributed by atoms with Crippen LogP contribution in [0.3, 0.4) is 0 Å². The van der Waals surface area contributed by atoms with Gasteiger partial charge in [-0.1, -0.05) is 0 Å². The van der Waals surface area contributed by atoms with Crippen LogP contribution in [0.5, 0.6) is 5.75 Å². The molecule has 0 radical (unpaired) electrons. The van der Waals surface area contributed by atoms with Crippen molar-refractivity contribution in [1.82, 2.24) is 4.98 Å². The molecule has 0 saturated carbocycles. The molecule has 0 aliphatic heterocycles. The van der Waals surface area contributed by atoms with Crippen molar-refractivity contribution in [3.63, 3.8) is 0 Å². The molecular formula is C15H20N2O2. The molecule has 1 aromatic carbocycles. The summed E-state index contributed by atoms with van der Waals surface area (Å²) in [6.07, 6.45) is 0. The van der Waals surface area contributed by atoms with Crippen molar-refractivity contribution < 1.29 is 9.47 Å². The summed E-state index contributed by atoms with van der Waals surface area (Å²) in [6.45, 7) is 5.29. The van der Waals surface area contributed by atoms with Gasteiger partial charge in [-0.3, -0.25) is 0 Å². The van der Waals surface area contributed by atoms with Crippen LogP contribution in [0.25, 0.3) is 11.3 Å². The second kappa shape index (κ2) is 5.80. The molecule has 0 aliphatic carbocycles. The van der Waals surface area contributed by atoms with E-state index in [1.807, 2.05) is 24.3 Å². The van der Waals surface area contributed by atoms with E-state index >= 15 is 0 Å². The number of aromatic amines is 1. The van der Waals surface area contributed by atoms with E-state index in [1.165, 1.54) is 5.56 Å². The first-order valence-corrected chi connectivity index (χ1v) is 6.29. The van der Waals surface area contributed by atoms with E-state index in [0.717, 1.165) is 22.6 Å². The molecule has 3 N–H and O–H groups in total. The Kier molecular flexibility index (Phi) is 4.12. The molecule has 1 heterocycles. The van der Waals surface area contributed by atoms with Crippen LogP contribution < -0.4 is 10.5 Å². The molecule has 0 amide bonds. The lowest BCUT2D eigenvalue weighted by Crippen LogP contribution is -2.04. The Hall–Kier alpha value is -1.94. The third-order valence-corrected chi connectivity index (χ3v) is 3.04. The van der Waals surface area contributed by atoms with Crippen LogP contribution in [0.1, 0.15) is 11.1 Å². The molecule has 1 aromatic heterocycles. The highest BCUT2D eigenvalue weighted by Crippen LogP contribution is 2.30. The van der Waals surface area contributed by atoms with Crippen LogP contribution in [-0.2, 0) is 4.74 Å². The maximum Gasteiger partial charge on any atom is 0.119 e. The number of methoxy groups -OCH3 is 1. The molecular weight excluding hydrogens is 240 g/mol. The summed E-state index contributed by atoms with van der Waals surface area (Å²) in [5.41, 5.74) is 10.3. The number of nitrogens with two attached hydrogens (primary N) is 1. The van der Waals surface area contributed by atoms with Gasteiger partial charge in [0.2, 0.25) is 0 Å². The molecule has 0 saturated heterocycles. The quantitative estimate of drug-likeness (QED) is 0.813. The van der Waals surface area contributed by atoms with Crippen LogP contribution in [0.15, 0.2) is 24.3 Å². The average molecular weight is 260 g/mol. The van der Waals surface area contributed by atoms with Crippen molar-refractivity contribution >= 4 is 5.82 Å². The van der Waals surface area contributed by atoms with E-state index in [2.05, 4.69) is 18.8 Å². The highest BCUT2D eigenvalue weighted by molar-refractivity contribution is 5.70. The summed E-state index contributed by atoms with van der Waals surface area (Å²) in [6, 6.07) is 7.94. The number of nitrogen functional groups attached to an aromatic ring is 1. The molecule has 4 heteroatoms. The van der Waals surface area contributed by atoms with Crippen LogP contribution in [0.2, 0.25) is 0 Å². The Labute approximate surface area is 113 Å². The van der Waals surface area contributed by atoms with E-state index in [9.17, 15) is 0 Å². The molecule has 2 aromatic rings. The SMILES string of the molecule is COCCOc1cc(C)c(-c2ccc(N)[nH]2)c(C)c1. The number of H-pyrrole nitrogens is 1. The fourth-order valence-electron chi connectivity index (χ4n) is 2.23. The summed E-state index contributed by atoms with van der Waals surface area (Å²) >= 11 is 0. The summed E-state index contributed by atoms with van der Waals surface area (Å²) < 4.78 is 10.6. The Morgan fingerprint density at radius 3 is 2.32 bits per heavy atom. The third-order valence-electron chi connectivity index (χ3n) is 3.04. The smallest absolute Gasteiger partial charge is 0.119 e. The lowest BCUT2D eigenvalue weighted by molar-refractivity contribution is 0.146. The van der Waals surface area contributed by atoms with Crippen LogP contribution >= 0.6 is 0 Å². The minimum atomic E-state index is 0.560. The number of rotatable bonds is 5. The number of anilines is 1. The van der Waals surface area contributed by atoms with Crippen molar-refractivity contribution in [2.45, 2.75) is 13.8 Å².